The normalized spacial score (nSPS) is 21.8. The number of benzene rings is 1. The van der Waals surface area contributed by atoms with Crippen molar-refractivity contribution < 1.29 is 4.74 Å². The molecule has 3 heteroatoms. The number of ether oxygens (including phenoxy) is 1. The number of nitrogens with zero attached hydrogens (tertiary/aromatic N) is 1. The van der Waals surface area contributed by atoms with Gasteiger partial charge in [0.1, 0.15) is 5.75 Å². The molecule has 3 rings (SSSR count). The highest BCUT2D eigenvalue weighted by molar-refractivity contribution is 9.10. The lowest BCUT2D eigenvalue weighted by Gasteiger charge is -2.53. The van der Waals surface area contributed by atoms with E-state index in [9.17, 15) is 0 Å². The molecule has 0 aromatic heterocycles. The lowest BCUT2D eigenvalue weighted by Crippen LogP contribution is -2.57. The lowest BCUT2D eigenvalue weighted by atomic mass is 9.68. The molecule has 0 N–H and O–H groups in total. The summed E-state index contributed by atoms with van der Waals surface area (Å²) in [5, 5.41) is 0. The molecule has 0 bridgehead atoms. The van der Waals surface area contributed by atoms with E-state index in [0.717, 1.165) is 5.75 Å². The van der Waals surface area contributed by atoms with Crippen LogP contribution in [0.5, 0.6) is 5.75 Å². The highest BCUT2D eigenvalue weighted by atomic mass is 79.9. The summed E-state index contributed by atoms with van der Waals surface area (Å²) >= 11 is 3.65. The Labute approximate surface area is 117 Å². The molecule has 0 amide bonds. The standard InChI is InChI=1S/C15H20BrNO/c1-18-12-5-6-13(16)14(9-12)17-10-15(11-17)7-3-2-4-8-15/h5-6,9H,2-4,7-8,10-11H2,1H3. The molecule has 1 saturated heterocycles. The smallest absolute Gasteiger partial charge is 0.121 e. The van der Waals surface area contributed by atoms with E-state index in [2.05, 4.69) is 33.0 Å². The fourth-order valence-electron chi connectivity index (χ4n) is 3.41. The molecule has 1 aromatic rings. The fraction of sp³-hybridized carbons (Fsp3) is 0.600. The number of anilines is 1. The average molecular weight is 310 g/mol. The maximum atomic E-state index is 5.32. The Morgan fingerprint density at radius 1 is 1.17 bits per heavy atom. The molecule has 2 fully saturated rings. The lowest BCUT2D eigenvalue weighted by molar-refractivity contribution is 0.139. The Hall–Kier alpha value is -0.700. The Balaban J connectivity index is 1.74. The predicted molar refractivity (Wildman–Crippen MR) is 78.4 cm³/mol. The topological polar surface area (TPSA) is 12.5 Å². The highest BCUT2D eigenvalue weighted by Crippen LogP contribution is 2.47. The average Bonchev–Trinajstić information content (AvgIpc) is 2.38. The first kappa shape index (κ1) is 12.3. The van der Waals surface area contributed by atoms with E-state index < -0.39 is 0 Å². The molecule has 0 radical (unpaired) electrons. The van der Waals surface area contributed by atoms with Crippen molar-refractivity contribution in [2.24, 2.45) is 5.41 Å². The third-order valence-electron chi connectivity index (χ3n) is 4.46. The summed E-state index contributed by atoms with van der Waals surface area (Å²) in [7, 11) is 1.73. The zero-order valence-electron chi connectivity index (χ0n) is 10.9. The van der Waals surface area contributed by atoms with Gasteiger partial charge < -0.3 is 9.64 Å². The van der Waals surface area contributed by atoms with Gasteiger partial charge in [-0.05, 0) is 40.9 Å². The van der Waals surface area contributed by atoms with Gasteiger partial charge in [-0.2, -0.15) is 0 Å². The number of halogens is 1. The third-order valence-corrected chi connectivity index (χ3v) is 5.13. The Morgan fingerprint density at radius 3 is 2.56 bits per heavy atom. The second kappa shape index (κ2) is 4.76. The van der Waals surface area contributed by atoms with E-state index in [4.69, 9.17) is 4.74 Å². The molecule has 1 saturated carbocycles. The second-order valence-corrected chi connectivity index (χ2v) is 6.59. The molecule has 1 aromatic carbocycles. The third kappa shape index (κ3) is 2.13. The van der Waals surface area contributed by atoms with Gasteiger partial charge in [0, 0.05) is 29.0 Å². The molecule has 1 spiro atoms. The van der Waals surface area contributed by atoms with E-state index in [1.807, 2.05) is 6.07 Å². The van der Waals surface area contributed by atoms with Crippen LogP contribution in [0.2, 0.25) is 0 Å². The maximum Gasteiger partial charge on any atom is 0.121 e. The van der Waals surface area contributed by atoms with Gasteiger partial charge >= 0.3 is 0 Å². The summed E-state index contributed by atoms with van der Waals surface area (Å²) in [5.74, 6) is 0.942. The minimum absolute atomic E-state index is 0.626. The molecular formula is C15H20BrNO. The summed E-state index contributed by atoms with van der Waals surface area (Å²) in [4.78, 5) is 2.48. The maximum absolute atomic E-state index is 5.32. The monoisotopic (exact) mass is 309 g/mol. The van der Waals surface area contributed by atoms with Gasteiger partial charge in [0.2, 0.25) is 0 Å². The molecular weight excluding hydrogens is 290 g/mol. The van der Waals surface area contributed by atoms with Crippen LogP contribution in [0.15, 0.2) is 22.7 Å². The fourth-order valence-corrected chi connectivity index (χ4v) is 3.91. The SMILES string of the molecule is COc1ccc(Br)c(N2CC3(CCCCC3)C2)c1. The zero-order chi connectivity index (χ0) is 12.6. The number of hydrogen-bond donors (Lipinski definition) is 0. The van der Waals surface area contributed by atoms with Crippen molar-refractivity contribution in [3.05, 3.63) is 22.7 Å². The van der Waals surface area contributed by atoms with E-state index >= 15 is 0 Å². The molecule has 18 heavy (non-hydrogen) atoms. The minimum Gasteiger partial charge on any atom is -0.497 e. The van der Waals surface area contributed by atoms with Crippen LogP contribution in [0, 0.1) is 5.41 Å². The molecule has 1 aliphatic heterocycles. The van der Waals surface area contributed by atoms with Crippen LogP contribution in [-0.4, -0.2) is 20.2 Å². The van der Waals surface area contributed by atoms with Gasteiger partial charge in [-0.15, -0.1) is 0 Å². The van der Waals surface area contributed by atoms with Crippen molar-refractivity contribution in [2.45, 2.75) is 32.1 Å². The summed E-state index contributed by atoms with van der Waals surface area (Å²) < 4.78 is 6.49. The van der Waals surface area contributed by atoms with Crippen LogP contribution < -0.4 is 9.64 Å². The number of rotatable bonds is 2. The van der Waals surface area contributed by atoms with Crippen LogP contribution >= 0.6 is 15.9 Å². The van der Waals surface area contributed by atoms with Crippen molar-refractivity contribution in [3.63, 3.8) is 0 Å². The first-order valence-corrected chi connectivity index (χ1v) is 7.60. The van der Waals surface area contributed by atoms with Crippen LogP contribution in [0.25, 0.3) is 0 Å². The van der Waals surface area contributed by atoms with Crippen molar-refractivity contribution >= 4 is 21.6 Å². The molecule has 1 aliphatic carbocycles. The zero-order valence-corrected chi connectivity index (χ0v) is 12.5. The van der Waals surface area contributed by atoms with Crippen LogP contribution in [0.4, 0.5) is 5.69 Å². The highest BCUT2D eigenvalue weighted by Gasteiger charge is 2.43. The molecule has 1 heterocycles. The van der Waals surface area contributed by atoms with Gasteiger partial charge in [0.15, 0.2) is 0 Å². The molecule has 98 valence electrons. The molecule has 2 aliphatic rings. The van der Waals surface area contributed by atoms with E-state index in [0.29, 0.717) is 5.41 Å². The van der Waals surface area contributed by atoms with E-state index in [1.165, 1.54) is 55.4 Å². The summed E-state index contributed by atoms with van der Waals surface area (Å²) in [6.45, 7) is 2.44. The molecule has 0 unspecified atom stereocenters. The number of methoxy groups -OCH3 is 1. The second-order valence-electron chi connectivity index (χ2n) is 5.73. The summed E-state index contributed by atoms with van der Waals surface area (Å²) in [6.07, 6.45) is 7.13. The van der Waals surface area contributed by atoms with E-state index in [-0.39, 0.29) is 0 Å². The van der Waals surface area contributed by atoms with E-state index in [1.54, 1.807) is 7.11 Å². The molecule has 2 nitrogen and oxygen atoms in total. The van der Waals surface area contributed by atoms with Crippen molar-refractivity contribution in [2.75, 3.05) is 25.1 Å². The Morgan fingerprint density at radius 2 is 1.89 bits per heavy atom. The van der Waals surface area contributed by atoms with Crippen molar-refractivity contribution in [3.8, 4) is 5.75 Å². The first-order valence-electron chi connectivity index (χ1n) is 6.81. The van der Waals surface area contributed by atoms with Gasteiger partial charge in [0.25, 0.3) is 0 Å². The number of hydrogen-bond acceptors (Lipinski definition) is 2. The van der Waals surface area contributed by atoms with Gasteiger partial charge in [-0.3, -0.25) is 0 Å². The van der Waals surface area contributed by atoms with Crippen LogP contribution in [-0.2, 0) is 0 Å². The summed E-state index contributed by atoms with van der Waals surface area (Å²) in [6, 6.07) is 6.23. The van der Waals surface area contributed by atoms with Crippen LogP contribution in [0.1, 0.15) is 32.1 Å². The molecule has 0 atom stereocenters. The minimum atomic E-state index is 0.626. The first-order chi connectivity index (χ1) is 8.72. The van der Waals surface area contributed by atoms with Gasteiger partial charge in [-0.1, -0.05) is 19.3 Å². The van der Waals surface area contributed by atoms with Crippen molar-refractivity contribution in [1.82, 2.24) is 0 Å². The van der Waals surface area contributed by atoms with Gasteiger partial charge in [-0.25, -0.2) is 0 Å². The van der Waals surface area contributed by atoms with Crippen molar-refractivity contribution in [1.29, 1.82) is 0 Å². The predicted octanol–water partition coefficient (Wildman–Crippen LogP) is 4.23. The quantitative estimate of drug-likeness (QED) is 0.810. The largest absolute Gasteiger partial charge is 0.497 e. The van der Waals surface area contributed by atoms with Gasteiger partial charge in [0.05, 0.1) is 12.8 Å². The van der Waals surface area contributed by atoms with Crippen LogP contribution in [0.3, 0.4) is 0 Å². The Bertz CT molecular complexity index is 432. The Kier molecular flexibility index (Phi) is 3.27. The summed E-state index contributed by atoms with van der Waals surface area (Å²) in [5.41, 5.74) is 1.91.